The molecule has 3 nitrogen and oxygen atoms in total. The lowest BCUT2D eigenvalue weighted by molar-refractivity contribution is 1.10. The SMILES string of the molecule is C[Si]1(C)c2ccccc2-c2cc3c4ccccc4n(-c4ccc(-c5nc6ccccc6n5-c5ccccc5)cc4)c3cc21. The molecule has 43 heavy (non-hydrogen) atoms. The Balaban J connectivity index is 1.24. The van der Waals surface area contributed by atoms with Gasteiger partial charge < -0.3 is 4.57 Å². The molecule has 4 heteroatoms. The molecule has 204 valence electrons. The van der Waals surface area contributed by atoms with Crippen molar-refractivity contribution in [3.8, 4) is 33.9 Å². The van der Waals surface area contributed by atoms with Crippen LogP contribution < -0.4 is 10.4 Å². The molecule has 0 amide bonds. The maximum atomic E-state index is 5.09. The average molecular weight is 568 g/mol. The normalized spacial score (nSPS) is 13.5. The van der Waals surface area contributed by atoms with Crippen molar-refractivity contribution in [3.63, 3.8) is 0 Å². The standard InChI is InChI=1S/C39H29N3Si/c1-43(2)37-19-11-7-15-30(37)32-24-31-29-14-6-9-17-34(29)41(36(31)25-38(32)43)28-22-20-26(21-23-28)39-40-33-16-8-10-18-35(33)42(39)27-12-4-3-5-13-27/h3-25H,1-2H3. The third-order valence-electron chi connectivity index (χ3n) is 9.33. The second-order valence-electron chi connectivity index (χ2n) is 12.1. The highest BCUT2D eigenvalue weighted by atomic mass is 28.3. The number of hydrogen-bond donors (Lipinski definition) is 0. The van der Waals surface area contributed by atoms with E-state index in [9.17, 15) is 0 Å². The largest absolute Gasteiger partial charge is 0.309 e. The monoisotopic (exact) mass is 567 g/mol. The van der Waals surface area contributed by atoms with Crippen molar-refractivity contribution in [2.45, 2.75) is 13.1 Å². The molecular formula is C39H29N3Si. The Bertz CT molecular complexity index is 2360. The lowest BCUT2D eigenvalue weighted by Gasteiger charge is -2.19. The minimum absolute atomic E-state index is 0.949. The first-order valence-corrected chi connectivity index (χ1v) is 17.9. The minimum Gasteiger partial charge on any atom is -0.309 e. The van der Waals surface area contributed by atoms with Crippen molar-refractivity contribution < 1.29 is 0 Å². The fourth-order valence-corrected chi connectivity index (χ4v) is 10.3. The Hall–Kier alpha value is -5.19. The lowest BCUT2D eigenvalue weighted by atomic mass is 10.0. The molecule has 0 N–H and O–H groups in total. The number of hydrogen-bond acceptors (Lipinski definition) is 1. The zero-order valence-electron chi connectivity index (χ0n) is 24.1. The lowest BCUT2D eigenvalue weighted by Crippen LogP contribution is -2.49. The number of para-hydroxylation sites is 4. The van der Waals surface area contributed by atoms with Crippen LogP contribution in [0.1, 0.15) is 0 Å². The van der Waals surface area contributed by atoms with Crippen LogP contribution in [-0.4, -0.2) is 22.2 Å². The quantitative estimate of drug-likeness (QED) is 0.196. The van der Waals surface area contributed by atoms with Crippen molar-refractivity contribution in [1.82, 2.24) is 14.1 Å². The van der Waals surface area contributed by atoms with E-state index in [1.54, 1.807) is 5.19 Å². The molecule has 6 aromatic carbocycles. The molecule has 0 saturated carbocycles. The third kappa shape index (κ3) is 3.44. The van der Waals surface area contributed by atoms with Crippen LogP contribution in [0.5, 0.6) is 0 Å². The first-order chi connectivity index (χ1) is 21.1. The van der Waals surface area contributed by atoms with Crippen molar-refractivity contribution in [2.24, 2.45) is 0 Å². The summed E-state index contributed by atoms with van der Waals surface area (Å²) in [7, 11) is -1.80. The van der Waals surface area contributed by atoms with Gasteiger partial charge in [-0.1, -0.05) is 85.9 Å². The highest BCUT2D eigenvalue weighted by molar-refractivity contribution is 7.04. The van der Waals surface area contributed by atoms with Gasteiger partial charge in [0.15, 0.2) is 0 Å². The van der Waals surface area contributed by atoms with Gasteiger partial charge in [0.25, 0.3) is 0 Å². The van der Waals surface area contributed by atoms with Gasteiger partial charge in [0.05, 0.1) is 22.1 Å². The topological polar surface area (TPSA) is 22.8 Å². The zero-order chi connectivity index (χ0) is 28.7. The summed E-state index contributed by atoms with van der Waals surface area (Å²) in [6.07, 6.45) is 0. The maximum absolute atomic E-state index is 5.09. The summed E-state index contributed by atoms with van der Waals surface area (Å²) < 4.78 is 4.71. The third-order valence-corrected chi connectivity index (χ3v) is 12.9. The summed E-state index contributed by atoms with van der Waals surface area (Å²) >= 11 is 0. The highest BCUT2D eigenvalue weighted by Gasteiger charge is 2.38. The number of benzene rings is 6. The second kappa shape index (κ2) is 8.90. The molecule has 0 unspecified atom stereocenters. The predicted molar refractivity (Wildman–Crippen MR) is 183 cm³/mol. The van der Waals surface area contributed by atoms with Gasteiger partial charge in [0.2, 0.25) is 0 Å². The van der Waals surface area contributed by atoms with Crippen LogP contribution in [0.3, 0.4) is 0 Å². The van der Waals surface area contributed by atoms with E-state index < -0.39 is 8.07 Å². The molecule has 9 rings (SSSR count). The van der Waals surface area contributed by atoms with Crippen LogP contribution in [0.2, 0.25) is 13.1 Å². The van der Waals surface area contributed by atoms with Crippen LogP contribution in [-0.2, 0) is 0 Å². The van der Waals surface area contributed by atoms with Crippen molar-refractivity contribution >= 4 is 51.3 Å². The molecule has 1 aliphatic heterocycles. The maximum Gasteiger partial charge on any atom is 0.145 e. The van der Waals surface area contributed by atoms with Gasteiger partial charge in [-0.25, -0.2) is 4.98 Å². The second-order valence-corrected chi connectivity index (χ2v) is 16.4. The molecule has 0 fully saturated rings. The van der Waals surface area contributed by atoms with E-state index in [4.69, 9.17) is 4.98 Å². The molecule has 8 aromatic rings. The first kappa shape index (κ1) is 24.4. The average Bonchev–Trinajstić information content (AvgIpc) is 3.67. The Morgan fingerprint density at radius 3 is 2.00 bits per heavy atom. The molecular weight excluding hydrogens is 539 g/mol. The van der Waals surface area contributed by atoms with Gasteiger partial charge in [-0.2, -0.15) is 0 Å². The van der Waals surface area contributed by atoms with Crippen LogP contribution in [0, 0.1) is 0 Å². The van der Waals surface area contributed by atoms with Gasteiger partial charge in [-0.15, -0.1) is 0 Å². The molecule has 3 heterocycles. The molecule has 0 bridgehead atoms. The number of fused-ring (bicyclic) bond motifs is 7. The molecule has 0 spiro atoms. The molecule has 0 radical (unpaired) electrons. The Kier molecular flexibility index (Phi) is 5.05. The molecule has 2 aromatic heterocycles. The summed E-state index contributed by atoms with van der Waals surface area (Å²) in [5.74, 6) is 0.949. The van der Waals surface area contributed by atoms with Crippen molar-refractivity contribution in [1.29, 1.82) is 0 Å². The van der Waals surface area contributed by atoms with E-state index in [1.807, 2.05) is 0 Å². The van der Waals surface area contributed by atoms with Gasteiger partial charge in [0, 0.05) is 27.7 Å². The van der Waals surface area contributed by atoms with Crippen LogP contribution in [0.15, 0.2) is 140 Å². The fourth-order valence-electron chi connectivity index (χ4n) is 7.26. The van der Waals surface area contributed by atoms with E-state index in [-0.39, 0.29) is 0 Å². The van der Waals surface area contributed by atoms with Crippen LogP contribution in [0.4, 0.5) is 0 Å². The summed E-state index contributed by atoms with van der Waals surface area (Å²) in [6, 6.07) is 50.6. The smallest absolute Gasteiger partial charge is 0.145 e. The van der Waals surface area contributed by atoms with Crippen LogP contribution in [0.25, 0.3) is 66.7 Å². The Morgan fingerprint density at radius 2 is 1.16 bits per heavy atom. The summed E-state index contributed by atoms with van der Waals surface area (Å²) in [4.78, 5) is 5.09. The summed E-state index contributed by atoms with van der Waals surface area (Å²) in [5, 5.41) is 5.67. The van der Waals surface area contributed by atoms with Gasteiger partial charge in [-0.3, -0.25) is 4.57 Å². The number of imidazole rings is 1. The van der Waals surface area contributed by atoms with Gasteiger partial charge in [-0.05, 0) is 88.2 Å². The minimum atomic E-state index is -1.80. The Morgan fingerprint density at radius 1 is 0.488 bits per heavy atom. The predicted octanol–water partition coefficient (Wildman–Crippen LogP) is 8.59. The molecule has 0 aliphatic carbocycles. The Labute approximate surface area is 251 Å². The summed E-state index contributed by atoms with van der Waals surface area (Å²) in [5.41, 5.74) is 10.8. The summed E-state index contributed by atoms with van der Waals surface area (Å²) in [6.45, 7) is 4.98. The number of rotatable bonds is 3. The molecule has 0 saturated heterocycles. The van der Waals surface area contributed by atoms with E-state index >= 15 is 0 Å². The number of nitrogens with zero attached hydrogens (tertiary/aromatic N) is 3. The highest BCUT2D eigenvalue weighted by Crippen LogP contribution is 2.38. The molecule has 0 atom stereocenters. The van der Waals surface area contributed by atoms with E-state index in [1.165, 1.54) is 38.1 Å². The fraction of sp³-hybridized carbons (Fsp3) is 0.0513. The molecule has 1 aliphatic rings. The van der Waals surface area contributed by atoms with E-state index in [0.717, 1.165) is 33.8 Å². The number of aromatic nitrogens is 3. The van der Waals surface area contributed by atoms with E-state index in [0.29, 0.717) is 0 Å². The van der Waals surface area contributed by atoms with Crippen LogP contribution >= 0.6 is 0 Å². The van der Waals surface area contributed by atoms with Crippen molar-refractivity contribution in [2.75, 3.05) is 0 Å². The zero-order valence-corrected chi connectivity index (χ0v) is 25.1. The van der Waals surface area contributed by atoms with Crippen molar-refractivity contribution in [3.05, 3.63) is 140 Å². The first-order valence-electron chi connectivity index (χ1n) is 14.9. The van der Waals surface area contributed by atoms with E-state index in [2.05, 4.69) is 162 Å². The van der Waals surface area contributed by atoms with Gasteiger partial charge >= 0.3 is 0 Å². The van der Waals surface area contributed by atoms with Gasteiger partial charge in [0.1, 0.15) is 13.9 Å².